The van der Waals surface area contributed by atoms with Crippen LogP contribution in [-0.2, 0) is 0 Å². The minimum atomic E-state index is 0.198. The molecule has 19 heavy (non-hydrogen) atoms. The smallest absolute Gasteiger partial charge is 0.137 e. The molecule has 3 nitrogen and oxygen atoms in total. The summed E-state index contributed by atoms with van der Waals surface area (Å²) in [5.41, 5.74) is 7.13. The molecule has 0 amide bonds. The molecule has 0 aromatic heterocycles. The largest absolute Gasteiger partial charge is 0.495 e. The molecule has 108 valence electrons. The Kier molecular flexibility index (Phi) is 6.63. The molecule has 1 rings (SSSR count). The zero-order chi connectivity index (χ0) is 14.4. The molecule has 0 aliphatic rings. The Hall–Kier alpha value is -0.770. The summed E-state index contributed by atoms with van der Waals surface area (Å²) in [5, 5.41) is 0.638. The molecule has 0 bridgehead atoms. The highest BCUT2D eigenvalue weighted by atomic mass is 35.5. The summed E-state index contributed by atoms with van der Waals surface area (Å²) >= 11 is 6.21. The summed E-state index contributed by atoms with van der Waals surface area (Å²) < 4.78 is 5.19. The minimum absolute atomic E-state index is 0.198. The highest BCUT2D eigenvalue weighted by Crippen LogP contribution is 2.30. The van der Waals surface area contributed by atoms with Crippen molar-refractivity contribution in [2.24, 2.45) is 5.73 Å². The third-order valence-electron chi connectivity index (χ3n) is 3.71. The first-order valence-corrected chi connectivity index (χ1v) is 7.25. The Morgan fingerprint density at radius 3 is 2.47 bits per heavy atom. The number of ether oxygens (including phenoxy) is 1. The quantitative estimate of drug-likeness (QED) is 0.833. The minimum Gasteiger partial charge on any atom is -0.495 e. The SMILES string of the molecule is CCC(C)N(CC)C(CN)c1ccc(OC)c(Cl)c1. The van der Waals surface area contributed by atoms with Crippen LogP contribution in [0.4, 0.5) is 0 Å². The van der Waals surface area contributed by atoms with Crippen LogP contribution in [-0.4, -0.2) is 31.1 Å². The molecule has 0 radical (unpaired) electrons. The number of benzene rings is 1. The zero-order valence-electron chi connectivity index (χ0n) is 12.3. The highest BCUT2D eigenvalue weighted by molar-refractivity contribution is 6.32. The third kappa shape index (κ3) is 3.85. The number of nitrogens with two attached hydrogens (primary N) is 1. The van der Waals surface area contributed by atoms with Gasteiger partial charge in [0.25, 0.3) is 0 Å². The molecule has 0 saturated carbocycles. The van der Waals surface area contributed by atoms with Gasteiger partial charge in [0.15, 0.2) is 0 Å². The molecule has 4 heteroatoms. The number of methoxy groups -OCH3 is 1. The van der Waals surface area contributed by atoms with Crippen molar-refractivity contribution in [3.05, 3.63) is 28.8 Å². The van der Waals surface area contributed by atoms with E-state index in [9.17, 15) is 0 Å². The van der Waals surface area contributed by atoms with E-state index < -0.39 is 0 Å². The van der Waals surface area contributed by atoms with Crippen molar-refractivity contribution in [1.29, 1.82) is 0 Å². The average molecular weight is 285 g/mol. The first-order chi connectivity index (χ1) is 9.08. The van der Waals surface area contributed by atoms with Crippen molar-refractivity contribution in [3.63, 3.8) is 0 Å². The fourth-order valence-electron chi connectivity index (χ4n) is 2.43. The standard InChI is InChI=1S/C15H25ClN2O/c1-5-11(3)18(6-2)14(10-17)12-7-8-15(19-4)13(16)9-12/h7-9,11,14H,5-6,10,17H2,1-4H3. The molecule has 0 aliphatic heterocycles. The summed E-state index contributed by atoms with van der Waals surface area (Å²) in [5.74, 6) is 0.702. The molecule has 2 unspecified atom stereocenters. The zero-order valence-corrected chi connectivity index (χ0v) is 13.1. The van der Waals surface area contributed by atoms with Crippen LogP contribution < -0.4 is 10.5 Å². The Bertz CT molecular complexity index is 398. The lowest BCUT2D eigenvalue weighted by Gasteiger charge is -2.35. The predicted molar refractivity (Wildman–Crippen MR) is 81.9 cm³/mol. The number of rotatable bonds is 7. The van der Waals surface area contributed by atoms with E-state index in [0.29, 0.717) is 23.4 Å². The Balaban J connectivity index is 3.04. The number of hydrogen-bond donors (Lipinski definition) is 1. The van der Waals surface area contributed by atoms with Gasteiger partial charge in [0.2, 0.25) is 0 Å². The summed E-state index contributed by atoms with van der Waals surface area (Å²) in [6.07, 6.45) is 1.11. The van der Waals surface area contributed by atoms with Crippen LogP contribution in [0.2, 0.25) is 5.02 Å². The maximum atomic E-state index is 6.21. The van der Waals surface area contributed by atoms with E-state index in [1.807, 2.05) is 18.2 Å². The predicted octanol–water partition coefficient (Wildman–Crippen LogP) is 3.47. The lowest BCUT2D eigenvalue weighted by Crippen LogP contribution is -2.39. The molecule has 0 spiro atoms. The molecule has 2 atom stereocenters. The summed E-state index contributed by atoms with van der Waals surface area (Å²) in [6.45, 7) is 8.15. The van der Waals surface area contributed by atoms with Crippen LogP contribution in [0.1, 0.15) is 38.8 Å². The summed E-state index contributed by atoms with van der Waals surface area (Å²) in [7, 11) is 1.62. The van der Waals surface area contributed by atoms with Crippen LogP contribution >= 0.6 is 11.6 Å². The van der Waals surface area contributed by atoms with Crippen molar-refractivity contribution in [2.75, 3.05) is 20.2 Å². The van der Waals surface area contributed by atoms with Gasteiger partial charge in [-0.15, -0.1) is 0 Å². The van der Waals surface area contributed by atoms with Gasteiger partial charge in [-0.25, -0.2) is 0 Å². The summed E-state index contributed by atoms with van der Waals surface area (Å²) in [6, 6.07) is 6.61. The van der Waals surface area contributed by atoms with Crippen molar-refractivity contribution in [2.45, 2.75) is 39.3 Å². The second-order valence-corrected chi connectivity index (χ2v) is 5.14. The molecule has 0 saturated heterocycles. The molecule has 0 aliphatic carbocycles. The lowest BCUT2D eigenvalue weighted by molar-refractivity contribution is 0.152. The van der Waals surface area contributed by atoms with Gasteiger partial charge in [-0.05, 0) is 37.6 Å². The van der Waals surface area contributed by atoms with Gasteiger partial charge in [-0.3, -0.25) is 4.90 Å². The Morgan fingerprint density at radius 2 is 2.05 bits per heavy atom. The topological polar surface area (TPSA) is 38.5 Å². The maximum absolute atomic E-state index is 6.21. The van der Waals surface area contributed by atoms with Gasteiger partial charge in [0, 0.05) is 18.6 Å². The van der Waals surface area contributed by atoms with Crippen molar-refractivity contribution >= 4 is 11.6 Å². The molecule has 2 N–H and O–H groups in total. The molecular formula is C15H25ClN2O. The highest BCUT2D eigenvalue weighted by Gasteiger charge is 2.22. The van der Waals surface area contributed by atoms with Gasteiger partial charge >= 0.3 is 0 Å². The van der Waals surface area contributed by atoms with E-state index in [2.05, 4.69) is 25.7 Å². The second-order valence-electron chi connectivity index (χ2n) is 4.73. The first-order valence-electron chi connectivity index (χ1n) is 6.88. The van der Waals surface area contributed by atoms with E-state index >= 15 is 0 Å². The van der Waals surface area contributed by atoms with Crippen molar-refractivity contribution < 1.29 is 4.74 Å². The van der Waals surface area contributed by atoms with E-state index in [-0.39, 0.29) is 6.04 Å². The average Bonchev–Trinajstić information content (AvgIpc) is 2.43. The number of halogens is 1. The summed E-state index contributed by atoms with van der Waals surface area (Å²) in [4.78, 5) is 2.41. The van der Waals surface area contributed by atoms with Crippen LogP contribution in [0.3, 0.4) is 0 Å². The first kappa shape index (κ1) is 16.3. The third-order valence-corrected chi connectivity index (χ3v) is 4.00. The fraction of sp³-hybridized carbons (Fsp3) is 0.600. The number of likely N-dealkylation sites (N-methyl/N-ethyl adjacent to an activating group) is 1. The van der Waals surface area contributed by atoms with E-state index in [1.54, 1.807) is 7.11 Å². The van der Waals surface area contributed by atoms with Gasteiger partial charge in [-0.1, -0.05) is 31.5 Å². The van der Waals surface area contributed by atoms with Gasteiger partial charge in [0.1, 0.15) is 5.75 Å². The second kappa shape index (κ2) is 7.73. The van der Waals surface area contributed by atoms with Crippen LogP contribution in [0.25, 0.3) is 0 Å². The van der Waals surface area contributed by atoms with E-state index in [4.69, 9.17) is 22.1 Å². The maximum Gasteiger partial charge on any atom is 0.137 e. The molecule has 0 fully saturated rings. The van der Waals surface area contributed by atoms with Gasteiger partial charge in [0.05, 0.1) is 12.1 Å². The van der Waals surface area contributed by atoms with Crippen LogP contribution in [0, 0.1) is 0 Å². The lowest BCUT2D eigenvalue weighted by atomic mass is 10.0. The molecular weight excluding hydrogens is 260 g/mol. The van der Waals surface area contributed by atoms with Crippen LogP contribution in [0.15, 0.2) is 18.2 Å². The normalized spacial score (nSPS) is 14.5. The molecule has 1 aromatic carbocycles. The number of nitrogens with zero attached hydrogens (tertiary/aromatic N) is 1. The monoisotopic (exact) mass is 284 g/mol. The van der Waals surface area contributed by atoms with Gasteiger partial charge < -0.3 is 10.5 Å². The van der Waals surface area contributed by atoms with Crippen molar-refractivity contribution in [1.82, 2.24) is 4.90 Å². The Labute approximate surface area is 121 Å². The van der Waals surface area contributed by atoms with E-state index in [1.165, 1.54) is 0 Å². The van der Waals surface area contributed by atoms with Gasteiger partial charge in [-0.2, -0.15) is 0 Å². The Morgan fingerprint density at radius 1 is 1.37 bits per heavy atom. The van der Waals surface area contributed by atoms with E-state index in [0.717, 1.165) is 18.5 Å². The molecule has 0 heterocycles. The fourth-order valence-corrected chi connectivity index (χ4v) is 2.69. The number of hydrogen-bond acceptors (Lipinski definition) is 3. The van der Waals surface area contributed by atoms with Crippen molar-refractivity contribution in [3.8, 4) is 5.75 Å². The van der Waals surface area contributed by atoms with Crippen LogP contribution in [0.5, 0.6) is 5.75 Å². The molecule has 1 aromatic rings.